The van der Waals surface area contributed by atoms with E-state index in [2.05, 4.69) is 4.99 Å². The van der Waals surface area contributed by atoms with Crippen LogP contribution in [0.3, 0.4) is 0 Å². The van der Waals surface area contributed by atoms with Crippen LogP contribution in [0.15, 0.2) is 35.1 Å². The van der Waals surface area contributed by atoms with Crippen LogP contribution < -0.4 is 10.5 Å². The largest absolute Gasteiger partial charge is 0.493 e. The molecule has 0 aromatic heterocycles. The van der Waals surface area contributed by atoms with Gasteiger partial charge in [-0.2, -0.15) is 0 Å². The maximum atomic E-state index is 14.5. The van der Waals surface area contributed by atoms with Crippen LogP contribution in [-0.2, 0) is 16.7 Å². The summed E-state index contributed by atoms with van der Waals surface area (Å²) in [6, 6.07) is 5.66. The highest BCUT2D eigenvalue weighted by molar-refractivity contribution is 5.98. The molecule has 4 rings (SSSR count). The van der Waals surface area contributed by atoms with E-state index in [0.29, 0.717) is 44.3 Å². The standard InChI is InChI=1S/C21H26F2N2O2/c1-26-15-5-7-20(8-6-15)12-14-3-4-16(27-10-2-9-22)11-17(14)21(20)13-18(23)19(24)25-21/h3-4,11,13,15H,2,5-10,12H2,1H3,(H2,24,25)/t15-,20-,21?/i1D3. The van der Waals surface area contributed by atoms with E-state index in [0.717, 1.165) is 11.1 Å². The summed E-state index contributed by atoms with van der Waals surface area (Å²) in [5.74, 6) is -0.0637. The lowest BCUT2D eigenvalue weighted by Crippen LogP contribution is -2.43. The van der Waals surface area contributed by atoms with Crippen LogP contribution in [0.2, 0.25) is 0 Å². The Balaban J connectivity index is 1.66. The lowest BCUT2D eigenvalue weighted by atomic mass is 9.62. The number of halogens is 2. The summed E-state index contributed by atoms with van der Waals surface area (Å²) in [6.45, 7) is -0.191. The fraction of sp³-hybridized carbons (Fsp3) is 0.571. The van der Waals surface area contributed by atoms with Crippen LogP contribution in [0, 0.1) is 5.41 Å². The minimum absolute atomic E-state index is 0.119. The number of nitrogens with two attached hydrogens (primary N) is 1. The van der Waals surface area contributed by atoms with Gasteiger partial charge >= 0.3 is 0 Å². The van der Waals surface area contributed by atoms with E-state index < -0.39 is 30.5 Å². The van der Waals surface area contributed by atoms with Gasteiger partial charge in [0.05, 0.1) is 23.5 Å². The van der Waals surface area contributed by atoms with Crippen molar-refractivity contribution in [2.75, 3.05) is 20.3 Å². The number of hydrogen-bond donors (Lipinski definition) is 1. The Morgan fingerprint density at radius 3 is 2.85 bits per heavy atom. The summed E-state index contributed by atoms with van der Waals surface area (Å²) in [6.07, 6.45) is 4.52. The zero-order chi connectivity index (χ0) is 21.6. The molecule has 1 unspecified atom stereocenters. The first kappa shape index (κ1) is 15.0. The molecule has 0 amide bonds. The average Bonchev–Trinajstić information content (AvgIpc) is 3.11. The van der Waals surface area contributed by atoms with Crippen molar-refractivity contribution in [1.29, 1.82) is 0 Å². The number of rotatable bonds is 5. The third kappa shape index (κ3) is 2.85. The number of nitrogens with zero attached hydrogens (tertiary/aromatic N) is 1. The van der Waals surface area contributed by atoms with Crippen LogP contribution in [0.5, 0.6) is 5.75 Å². The number of ether oxygens (including phenoxy) is 2. The Morgan fingerprint density at radius 2 is 2.19 bits per heavy atom. The molecule has 27 heavy (non-hydrogen) atoms. The molecule has 1 fully saturated rings. The SMILES string of the molecule is [2H]C([2H])([2H])O[C@H]1CC[C@]2(CC1)Cc1ccc(OCCCF)cc1C21C=C(F)C(N)=N1. The molecular weight excluding hydrogens is 350 g/mol. The fourth-order valence-corrected chi connectivity index (χ4v) is 4.95. The summed E-state index contributed by atoms with van der Waals surface area (Å²) in [4.78, 5) is 4.62. The van der Waals surface area contributed by atoms with Crippen molar-refractivity contribution in [2.24, 2.45) is 16.1 Å². The van der Waals surface area contributed by atoms with E-state index in [1.165, 1.54) is 6.08 Å². The highest BCUT2D eigenvalue weighted by Crippen LogP contribution is 2.62. The van der Waals surface area contributed by atoms with Crippen molar-refractivity contribution in [2.45, 2.75) is 50.2 Å². The molecule has 1 atom stereocenters. The molecule has 1 aromatic carbocycles. The van der Waals surface area contributed by atoms with E-state index >= 15 is 0 Å². The molecule has 0 saturated heterocycles. The molecule has 6 heteroatoms. The van der Waals surface area contributed by atoms with Gasteiger partial charge in [-0.1, -0.05) is 6.07 Å². The number of fused-ring (bicyclic) bond motifs is 3. The molecule has 0 bridgehead atoms. The van der Waals surface area contributed by atoms with Gasteiger partial charge in [0.2, 0.25) is 0 Å². The predicted octanol–water partition coefficient (Wildman–Crippen LogP) is 3.98. The van der Waals surface area contributed by atoms with Gasteiger partial charge in [0.25, 0.3) is 0 Å². The van der Waals surface area contributed by atoms with Crippen molar-refractivity contribution >= 4 is 5.84 Å². The zero-order valence-corrected chi connectivity index (χ0v) is 15.1. The first-order valence-electron chi connectivity index (χ1n) is 10.9. The van der Waals surface area contributed by atoms with Gasteiger partial charge in [-0.05, 0) is 61.4 Å². The molecule has 1 aromatic rings. The normalized spacial score (nSPS) is 34.0. The minimum atomic E-state index is -2.43. The molecular formula is C21H26F2N2O2. The number of amidine groups is 1. The van der Waals surface area contributed by atoms with Gasteiger partial charge in [0.15, 0.2) is 11.7 Å². The van der Waals surface area contributed by atoms with Crippen LogP contribution in [0.25, 0.3) is 0 Å². The lowest BCUT2D eigenvalue weighted by Gasteiger charge is -2.45. The molecule has 3 aliphatic rings. The van der Waals surface area contributed by atoms with Gasteiger partial charge in [-0.25, -0.2) is 9.38 Å². The Kier molecular flexibility index (Phi) is 3.84. The Labute approximate surface area is 162 Å². The average molecular weight is 379 g/mol. The topological polar surface area (TPSA) is 56.8 Å². The number of hydrogen-bond acceptors (Lipinski definition) is 4. The zero-order valence-electron chi connectivity index (χ0n) is 18.1. The maximum Gasteiger partial charge on any atom is 0.163 e. The summed E-state index contributed by atoms with van der Waals surface area (Å²) >= 11 is 0. The molecule has 146 valence electrons. The second-order valence-electron chi connectivity index (χ2n) is 7.74. The minimum Gasteiger partial charge on any atom is -0.493 e. The summed E-state index contributed by atoms with van der Waals surface area (Å²) in [7, 11) is -2.43. The second kappa shape index (κ2) is 6.89. The second-order valence-corrected chi connectivity index (χ2v) is 7.74. The van der Waals surface area contributed by atoms with E-state index in [9.17, 15) is 8.78 Å². The van der Waals surface area contributed by atoms with Crippen molar-refractivity contribution in [3.8, 4) is 5.75 Å². The van der Waals surface area contributed by atoms with Crippen molar-refractivity contribution in [3.63, 3.8) is 0 Å². The first-order valence-corrected chi connectivity index (χ1v) is 9.42. The van der Waals surface area contributed by atoms with E-state index in [4.69, 9.17) is 19.3 Å². The lowest BCUT2D eigenvalue weighted by molar-refractivity contribution is 0.00813. The summed E-state index contributed by atoms with van der Waals surface area (Å²) in [5.41, 5.74) is 6.41. The monoisotopic (exact) mass is 379 g/mol. The molecule has 1 heterocycles. The Bertz CT molecular complexity index is 859. The van der Waals surface area contributed by atoms with E-state index in [1.54, 1.807) is 0 Å². The predicted molar refractivity (Wildman–Crippen MR) is 100 cm³/mol. The molecule has 2 spiro atoms. The molecule has 4 nitrogen and oxygen atoms in total. The number of aliphatic imine (C=N–C) groups is 1. The van der Waals surface area contributed by atoms with Crippen LogP contribution in [-0.4, -0.2) is 32.3 Å². The van der Waals surface area contributed by atoms with Gasteiger partial charge in [0, 0.05) is 18.9 Å². The summed E-state index contributed by atoms with van der Waals surface area (Å²) < 4.78 is 59.9. The molecule has 2 N–H and O–H groups in total. The van der Waals surface area contributed by atoms with Crippen LogP contribution >= 0.6 is 0 Å². The number of methoxy groups -OCH3 is 1. The third-order valence-electron chi connectivity index (χ3n) is 6.31. The van der Waals surface area contributed by atoms with Crippen molar-refractivity contribution in [1.82, 2.24) is 0 Å². The van der Waals surface area contributed by atoms with Gasteiger partial charge < -0.3 is 15.2 Å². The molecule has 0 radical (unpaired) electrons. The van der Waals surface area contributed by atoms with Gasteiger partial charge in [-0.15, -0.1) is 0 Å². The highest BCUT2D eigenvalue weighted by Gasteiger charge is 2.59. The van der Waals surface area contributed by atoms with Crippen molar-refractivity contribution in [3.05, 3.63) is 41.2 Å². The van der Waals surface area contributed by atoms with Gasteiger partial charge in [-0.3, -0.25) is 4.39 Å². The van der Waals surface area contributed by atoms with E-state index in [-0.39, 0.29) is 18.5 Å². The first-order chi connectivity index (χ1) is 14.2. The van der Waals surface area contributed by atoms with E-state index in [1.807, 2.05) is 18.2 Å². The Morgan fingerprint density at radius 1 is 1.37 bits per heavy atom. The quantitative estimate of drug-likeness (QED) is 0.788. The van der Waals surface area contributed by atoms with Crippen LogP contribution in [0.1, 0.15) is 47.3 Å². The maximum absolute atomic E-state index is 14.5. The molecule has 1 aliphatic heterocycles. The van der Waals surface area contributed by atoms with Gasteiger partial charge in [0.1, 0.15) is 11.3 Å². The smallest absolute Gasteiger partial charge is 0.163 e. The van der Waals surface area contributed by atoms with Crippen molar-refractivity contribution < 1.29 is 22.4 Å². The fourth-order valence-electron chi connectivity index (χ4n) is 4.95. The molecule has 1 saturated carbocycles. The Hall–Kier alpha value is -1.95. The molecule has 2 aliphatic carbocycles. The third-order valence-corrected chi connectivity index (χ3v) is 6.31. The number of alkyl halides is 1. The highest BCUT2D eigenvalue weighted by atomic mass is 19.1. The number of benzene rings is 1. The summed E-state index contributed by atoms with van der Waals surface area (Å²) in [5, 5.41) is 0. The van der Waals surface area contributed by atoms with Crippen LogP contribution in [0.4, 0.5) is 8.78 Å².